The average Bonchev–Trinajstić information content (AvgIpc) is 3.24. The van der Waals surface area contributed by atoms with E-state index in [1.54, 1.807) is 13.0 Å². The molecule has 1 heterocycles. The number of nitro benzene ring substituents is 1. The summed E-state index contributed by atoms with van der Waals surface area (Å²) in [6.45, 7) is 2.32. The first-order valence-corrected chi connectivity index (χ1v) is 12.5. The number of carbonyl (C=O) groups excluding carboxylic acids is 1. The summed E-state index contributed by atoms with van der Waals surface area (Å²) in [6.07, 6.45) is 0. The predicted molar refractivity (Wildman–Crippen MR) is 130 cm³/mol. The summed E-state index contributed by atoms with van der Waals surface area (Å²) in [5, 5.41) is 13.9. The average molecular weight is 497 g/mol. The molecule has 0 fully saturated rings. The van der Waals surface area contributed by atoms with Crippen LogP contribution in [-0.2, 0) is 16.6 Å². The molecule has 1 N–H and O–H groups in total. The molecule has 4 rings (SSSR count). The minimum Gasteiger partial charge on any atom is -0.298 e. The number of amides is 1. The van der Waals surface area contributed by atoms with E-state index < -0.39 is 20.9 Å². The zero-order valence-electron chi connectivity index (χ0n) is 18.0. The van der Waals surface area contributed by atoms with Crippen LogP contribution in [0.15, 0.2) is 77.7 Å². The molecule has 0 aliphatic rings. The number of benzene rings is 3. The molecule has 34 heavy (non-hydrogen) atoms. The van der Waals surface area contributed by atoms with E-state index in [0.29, 0.717) is 16.8 Å². The number of hydrogen-bond donors (Lipinski definition) is 1. The lowest BCUT2D eigenvalue weighted by Crippen LogP contribution is -2.30. The SMILES string of the molecule is CCN(Cc1ccccc1)S(=O)(=O)c1ccc(C(=O)Nc2nc3cc([N+](=O)[O-])ccc3s2)cc1. The van der Waals surface area contributed by atoms with Crippen molar-refractivity contribution in [3.05, 3.63) is 94.0 Å². The van der Waals surface area contributed by atoms with Gasteiger partial charge in [0, 0.05) is 30.8 Å². The van der Waals surface area contributed by atoms with Crippen LogP contribution in [-0.4, -0.2) is 35.1 Å². The van der Waals surface area contributed by atoms with Gasteiger partial charge < -0.3 is 0 Å². The first-order chi connectivity index (χ1) is 16.3. The lowest BCUT2D eigenvalue weighted by Gasteiger charge is -2.20. The fraction of sp³-hybridized carbons (Fsp3) is 0.130. The zero-order valence-corrected chi connectivity index (χ0v) is 19.7. The number of aromatic nitrogens is 1. The Balaban J connectivity index is 1.49. The number of nitrogens with zero attached hydrogens (tertiary/aromatic N) is 3. The number of fused-ring (bicyclic) bond motifs is 1. The van der Waals surface area contributed by atoms with E-state index in [2.05, 4.69) is 10.3 Å². The van der Waals surface area contributed by atoms with Crippen LogP contribution < -0.4 is 5.32 Å². The van der Waals surface area contributed by atoms with Crippen molar-refractivity contribution in [2.45, 2.75) is 18.4 Å². The van der Waals surface area contributed by atoms with Crippen LogP contribution in [0.3, 0.4) is 0 Å². The van der Waals surface area contributed by atoms with E-state index in [0.717, 1.165) is 5.56 Å². The third kappa shape index (κ3) is 4.96. The number of carbonyl (C=O) groups is 1. The molecule has 0 radical (unpaired) electrons. The molecule has 0 saturated carbocycles. The lowest BCUT2D eigenvalue weighted by molar-refractivity contribution is -0.384. The molecule has 1 aromatic heterocycles. The molecule has 0 unspecified atom stereocenters. The van der Waals surface area contributed by atoms with Gasteiger partial charge in [0.25, 0.3) is 11.6 Å². The number of anilines is 1. The van der Waals surface area contributed by atoms with Crippen LogP contribution in [0.4, 0.5) is 10.8 Å². The van der Waals surface area contributed by atoms with Gasteiger partial charge in [-0.25, -0.2) is 13.4 Å². The molecule has 9 nitrogen and oxygen atoms in total. The van der Waals surface area contributed by atoms with Crippen LogP contribution >= 0.6 is 11.3 Å². The first-order valence-electron chi connectivity index (χ1n) is 10.3. The van der Waals surface area contributed by atoms with Crippen molar-refractivity contribution in [2.75, 3.05) is 11.9 Å². The standard InChI is InChI=1S/C23H20N4O5S2/c1-2-26(15-16-6-4-3-5-7-16)34(31,32)19-11-8-17(9-12-19)22(28)25-23-24-20-14-18(27(29)30)10-13-21(20)33-23/h3-14H,2,15H2,1H3,(H,24,25,28). The number of nitrogens with one attached hydrogen (secondary N) is 1. The second-order valence-corrected chi connectivity index (χ2v) is 10.3. The highest BCUT2D eigenvalue weighted by Crippen LogP contribution is 2.29. The summed E-state index contributed by atoms with van der Waals surface area (Å²) in [5.74, 6) is -0.464. The normalized spacial score (nSPS) is 11.6. The van der Waals surface area contributed by atoms with Crippen molar-refractivity contribution in [1.29, 1.82) is 0 Å². The molecule has 1 amide bonds. The number of sulfonamides is 1. The van der Waals surface area contributed by atoms with Crippen LogP contribution in [0.1, 0.15) is 22.8 Å². The van der Waals surface area contributed by atoms with E-state index in [4.69, 9.17) is 0 Å². The maximum Gasteiger partial charge on any atom is 0.271 e. The molecule has 11 heteroatoms. The summed E-state index contributed by atoms with van der Waals surface area (Å²) >= 11 is 1.19. The monoisotopic (exact) mass is 496 g/mol. The highest BCUT2D eigenvalue weighted by Gasteiger charge is 2.23. The molecule has 174 valence electrons. The number of non-ortho nitro benzene ring substituents is 1. The van der Waals surface area contributed by atoms with Crippen LogP contribution in [0, 0.1) is 10.1 Å². The largest absolute Gasteiger partial charge is 0.298 e. The second-order valence-electron chi connectivity index (χ2n) is 7.32. The summed E-state index contributed by atoms with van der Waals surface area (Å²) in [5.41, 5.74) is 1.47. The molecule has 0 saturated heterocycles. The number of hydrogen-bond acceptors (Lipinski definition) is 7. The Morgan fingerprint density at radius 1 is 1.09 bits per heavy atom. The lowest BCUT2D eigenvalue weighted by atomic mass is 10.2. The number of nitro groups is 1. The quantitative estimate of drug-likeness (QED) is 0.279. The molecule has 0 aliphatic heterocycles. The van der Waals surface area contributed by atoms with Gasteiger partial charge in [-0.15, -0.1) is 0 Å². The molecular formula is C23H20N4O5S2. The fourth-order valence-corrected chi connectivity index (χ4v) is 5.61. The fourth-order valence-electron chi connectivity index (χ4n) is 3.33. The van der Waals surface area contributed by atoms with Crippen molar-refractivity contribution in [1.82, 2.24) is 9.29 Å². The summed E-state index contributed by atoms with van der Waals surface area (Å²) in [4.78, 5) is 27.4. The minimum atomic E-state index is -3.74. The third-order valence-electron chi connectivity index (χ3n) is 5.11. The van der Waals surface area contributed by atoms with Crippen molar-refractivity contribution >= 4 is 48.3 Å². The van der Waals surface area contributed by atoms with Crippen molar-refractivity contribution in [2.24, 2.45) is 0 Å². The van der Waals surface area contributed by atoms with Gasteiger partial charge >= 0.3 is 0 Å². The summed E-state index contributed by atoms with van der Waals surface area (Å²) in [6, 6.07) is 19.3. The third-order valence-corrected chi connectivity index (χ3v) is 8.00. The van der Waals surface area contributed by atoms with Crippen molar-refractivity contribution in [3.8, 4) is 0 Å². The topological polar surface area (TPSA) is 123 Å². The molecule has 0 atom stereocenters. The highest BCUT2D eigenvalue weighted by atomic mass is 32.2. The molecule has 4 aromatic rings. The van der Waals surface area contributed by atoms with Gasteiger partial charge in [0.15, 0.2) is 5.13 Å². The van der Waals surface area contributed by atoms with Gasteiger partial charge in [-0.2, -0.15) is 4.31 Å². The van der Waals surface area contributed by atoms with Crippen LogP contribution in [0.2, 0.25) is 0 Å². The van der Waals surface area contributed by atoms with Crippen LogP contribution in [0.5, 0.6) is 0 Å². The maximum atomic E-state index is 13.1. The Kier molecular flexibility index (Phi) is 6.68. The summed E-state index contributed by atoms with van der Waals surface area (Å²) < 4.78 is 28.2. The number of rotatable bonds is 8. The van der Waals surface area contributed by atoms with E-state index in [9.17, 15) is 23.3 Å². The number of thiazole rings is 1. The van der Waals surface area contributed by atoms with Gasteiger partial charge in [0.1, 0.15) is 0 Å². The Hall–Kier alpha value is -3.67. The smallest absolute Gasteiger partial charge is 0.271 e. The second kappa shape index (κ2) is 9.67. The molecule has 0 bridgehead atoms. The van der Waals surface area contributed by atoms with E-state index >= 15 is 0 Å². The van der Waals surface area contributed by atoms with Gasteiger partial charge in [0.05, 0.1) is 20.0 Å². The van der Waals surface area contributed by atoms with Crippen LogP contribution in [0.25, 0.3) is 10.2 Å². The first kappa shape index (κ1) is 23.5. The molecular weight excluding hydrogens is 476 g/mol. The van der Waals surface area contributed by atoms with Gasteiger partial charge in [0.2, 0.25) is 10.0 Å². The molecule has 0 spiro atoms. The van der Waals surface area contributed by atoms with Crippen molar-refractivity contribution < 1.29 is 18.1 Å². The highest BCUT2D eigenvalue weighted by molar-refractivity contribution is 7.89. The molecule has 3 aromatic carbocycles. The Bertz CT molecular complexity index is 1450. The molecule has 0 aliphatic carbocycles. The zero-order chi connectivity index (χ0) is 24.3. The van der Waals surface area contributed by atoms with E-state index in [-0.39, 0.29) is 27.8 Å². The Morgan fingerprint density at radius 2 is 1.79 bits per heavy atom. The Morgan fingerprint density at radius 3 is 2.44 bits per heavy atom. The van der Waals surface area contributed by atoms with Gasteiger partial charge in [-0.1, -0.05) is 48.6 Å². The van der Waals surface area contributed by atoms with Gasteiger partial charge in [-0.3, -0.25) is 20.2 Å². The maximum absolute atomic E-state index is 13.1. The van der Waals surface area contributed by atoms with Crippen molar-refractivity contribution in [3.63, 3.8) is 0 Å². The predicted octanol–water partition coefficient (Wildman–Crippen LogP) is 4.67. The Labute approximate surface area is 199 Å². The summed E-state index contributed by atoms with van der Waals surface area (Å²) in [7, 11) is -3.74. The van der Waals surface area contributed by atoms with E-state index in [1.165, 1.54) is 52.0 Å². The van der Waals surface area contributed by atoms with Gasteiger partial charge in [-0.05, 0) is 35.9 Å². The minimum absolute atomic E-state index is 0.0825. The van der Waals surface area contributed by atoms with E-state index in [1.807, 2.05) is 30.3 Å².